The summed E-state index contributed by atoms with van der Waals surface area (Å²) in [5.74, 6) is 0.0607. The van der Waals surface area contributed by atoms with Crippen LogP contribution in [0.15, 0.2) is 24.3 Å². The Kier molecular flexibility index (Phi) is 4.91. The summed E-state index contributed by atoms with van der Waals surface area (Å²) in [4.78, 5) is 13.9. The zero-order chi connectivity index (χ0) is 13.7. The lowest BCUT2D eigenvalue weighted by Crippen LogP contribution is -2.42. The van der Waals surface area contributed by atoms with E-state index in [1.165, 1.54) is 6.07 Å². The summed E-state index contributed by atoms with van der Waals surface area (Å²) in [6.07, 6.45) is 2.57. The smallest absolute Gasteiger partial charge is 0.226 e. The van der Waals surface area contributed by atoms with Crippen molar-refractivity contribution in [3.05, 3.63) is 35.6 Å². The minimum atomic E-state index is -0.192. The fraction of sp³-hybridized carbons (Fsp3) is 0.533. The molecule has 1 atom stereocenters. The van der Waals surface area contributed by atoms with E-state index >= 15 is 0 Å². The Labute approximate surface area is 113 Å². The number of piperidine rings is 1. The molecule has 0 saturated carbocycles. The third kappa shape index (κ3) is 3.77. The highest BCUT2D eigenvalue weighted by Gasteiger charge is 2.23. The van der Waals surface area contributed by atoms with Gasteiger partial charge in [0.15, 0.2) is 0 Å². The van der Waals surface area contributed by atoms with Gasteiger partial charge >= 0.3 is 0 Å². The highest BCUT2D eigenvalue weighted by atomic mass is 19.1. The number of halogens is 1. The molecule has 1 aromatic carbocycles. The number of carbonyl (C=O) groups excluding carboxylic acids is 1. The Balaban J connectivity index is 1.85. The number of hydrogen-bond acceptors (Lipinski definition) is 2. The van der Waals surface area contributed by atoms with Crippen molar-refractivity contribution in [2.24, 2.45) is 5.92 Å². The molecule has 2 rings (SSSR count). The van der Waals surface area contributed by atoms with E-state index in [1.54, 1.807) is 24.1 Å². The number of likely N-dealkylation sites (N-methyl/N-ethyl adjacent to an activating group) is 1. The molecule has 1 N–H and O–H groups in total. The fourth-order valence-corrected chi connectivity index (χ4v) is 2.47. The standard InChI is InChI=1S/C15H21FN2O/c1-18(15(19)13-6-4-9-17-11-13)10-8-12-5-2-3-7-14(12)16/h2-3,5,7,13,17H,4,6,8-11H2,1H3. The van der Waals surface area contributed by atoms with E-state index in [2.05, 4.69) is 5.32 Å². The molecule has 1 fully saturated rings. The molecule has 3 nitrogen and oxygen atoms in total. The van der Waals surface area contributed by atoms with Crippen LogP contribution in [0.5, 0.6) is 0 Å². The van der Waals surface area contributed by atoms with Gasteiger partial charge in [-0.1, -0.05) is 18.2 Å². The van der Waals surface area contributed by atoms with Crippen molar-refractivity contribution in [3.8, 4) is 0 Å². The fourth-order valence-electron chi connectivity index (χ4n) is 2.47. The van der Waals surface area contributed by atoms with Crippen molar-refractivity contribution < 1.29 is 9.18 Å². The number of nitrogens with one attached hydrogen (secondary N) is 1. The topological polar surface area (TPSA) is 32.3 Å². The monoisotopic (exact) mass is 264 g/mol. The third-order valence-electron chi connectivity index (χ3n) is 3.70. The lowest BCUT2D eigenvalue weighted by molar-refractivity contribution is -0.134. The van der Waals surface area contributed by atoms with Crippen LogP contribution < -0.4 is 5.32 Å². The molecule has 104 valence electrons. The SMILES string of the molecule is CN(CCc1ccccc1F)C(=O)C1CCCNC1. The largest absolute Gasteiger partial charge is 0.345 e. The summed E-state index contributed by atoms with van der Waals surface area (Å²) < 4.78 is 13.5. The molecule has 0 spiro atoms. The van der Waals surface area contributed by atoms with Gasteiger partial charge in [0.25, 0.3) is 0 Å². The van der Waals surface area contributed by atoms with Crippen molar-refractivity contribution in [1.82, 2.24) is 10.2 Å². The highest BCUT2D eigenvalue weighted by Crippen LogP contribution is 2.13. The summed E-state index contributed by atoms with van der Waals surface area (Å²) in [5, 5.41) is 3.25. The third-order valence-corrected chi connectivity index (χ3v) is 3.70. The molecule has 1 saturated heterocycles. The van der Waals surface area contributed by atoms with Crippen molar-refractivity contribution in [3.63, 3.8) is 0 Å². The van der Waals surface area contributed by atoms with Gasteiger partial charge in [-0.3, -0.25) is 4.79 Å². The first-order chi connectivity index (χ1) is 9.18. The summed E-state index contributed by atoms with van der Waals surface area (Å²) in [6.45, 7) is 2.34. The van der Waals surface area contributed by atoms with E-state index < -0.39 is 0 Å². The van der Waals surface area contributed by atoms with Gasteiger partial charge in [-0.15, -0.1) is 0 Å². The summed E-state index contributed by atoms with van der Waals surface area (Å²) >= 11 is 0. The van der Waals surface area contributed by atoms with Crippen LogP contribution in [-0.4, -0.2) is 37.5 Å². The Morgan fingerprint density at radius 1 is 1.47 bits per heavy atom. The minimum Gasteiger partial charge on any atom is -0.345 e. The van der Waals surface area contributed by atoms with Crippen molar-refractivity contribution >= 4 is 5.91 Å². The summed E-state index contributed by atoms with van der Waals surface area (Å²) in [5.41, 5.74) is 0.670. The molecule has 0 aromatic heterocycles. The van der Waals surface area contributed by atoms with E-state index in [4.69, 9.17) is 0 Å². The van der Waals surface area contributed by atoms with Gasteiger partial charge in [-0.25, -0.2) is 4.39 Å². The van der Waals surface area contributed by atoms with Crippen LogP contribution in [0.3, 0.4) is 0 Å². The van der Waals surface area contributed by atoms with Gasteiger partial charge in [0, 0.05) is 20.1 Å². The van der Waals surface area contributed by atoms with Crippen molar-refractivity contribution in [2.45, 2.75) is 19.3 Å². The maximum Gasteiger partial charge on any atom is 0.226 e. The summed E-state index contributed by atoms with van der Waals surface area (Å²) in [6, 6.07) is 6.74. The van der Waals surface area contributed by atoms with Gasteiger partial charge in [-0.2, -0.15) is 0 Å². The first-order valence-electron chi connectivity index (χ1n) is 6.87. The Morgan fingerprint density at radius 2 is 2.26 bits per heavy atom. The first-order valence-corrected chi connectivity index (χ1v) is 6.87. The second kappa shape index (κ2) is 6.66. The molecule has 4 heteroatoms. The number of benzene rings is 1. The lowest BCUT2D eigenvalue weighted by atomic mass is 9.98. The quantitative estimate of drug-likeness (QED) is 0.900. The molecular weight excluding hydrogens is 243 g/mol. The van der Waals surface area contributed by atoms with Gasteiger partial charge < -0.3 is 10.2 Å². The van der Waals surface area contributed by atoms with Crippen LogP contribution in [-0.2, 0) is 11.2 Å². The molecule has 1 unspecified atom stereocenters. The second-order valence-corrected chi connectivity index (χ2v) is 5.14. The zero-order valence-electron chi connectivity index (χ0n) is 11.4. The molecule has 0 aliphatic carbocycles. The van der Waals surface area contributed by atoms with E-state index in [0.29, 0.717) is 18.5 Å². The second-order valence-electron chi connectivity index (χ2n) is 5.14. The van der Waals surface area contributed by atoms with Crippen LogP contribution in [0.4, 0.5) is 4.39 Å². The van der Waals surface area contributed by atoms with Crippen LogP contribution >= 0.6 is 0 Å². The Morgan fingerprint density at radius 3 is 2.95 bits per heavy atom. The van der Waals surface area contributed by atoms with Crippen molar-refractivity contribution in [2.75, 3.05) is 26.7 Å². The average molecular weight is 264 g/mol. The van der Waals surface area contributed by atoms with E-state index in [-0.39, 0.29) is 17.6 Å². The Bertz CT molecular complexity index is 430. The van der Waals surface area contributed by atoms with E-state index in [9.17, 15) is 9.18 Å². The predicted molar refractivity (Wildman–Crippen MR) is 73.3 cm³/mol. The molecule has 1 aromatic rings. The maximum absolute atomic E-state index is 13.5. The number of nitrogens with zero attached hydrogens (tertiary/aromatic N) is 1. The van der Waals surface area contributed by atoms with E-state index in [1.807, 2.05) is 6.07 Å². The molecule has 0 radical (unpaired) electrons. The molecule has 1 heterocycles. The molecule has 1 amide bonds. The predicted octanol–water partition coefficient (Wildman–Crippen LogP) is 1.83. The van der Waals surface area contributed by atoms with E-state index in [0.717, 1.165) is 25.9 Å². The van der Waals surface area contributed by atoms with Crippen LogP contribution in [0, 0.1) is 11.7 Å². The molecule has 19 heavy (non-hydrogen) atoms. The van der Waals surface area contributed by atoms with Crippen LogP contribution in [0.1, 0.15) is 18.4 Å². The number of amides is 1. The van der Waals surface area contributed by atoms with Crippen LogP contribution in [0.25, 0.3) is 0 Å². The average Bonchev–Trinajstić information content (AvgIpc) is 2.46. The normalized spacial score (nSPS) is 19.2. The lowest BCUT2D eigenvalue weighted by Gasteiger charge is -2.27. The van der Waals surface area contributed by atoms with Gasteiger partial charge in [0.1, 0.15) is 5.82 Å². The Hall–Kier alpha value is -1.42. The molecular formula is C15H21FN2O. The number of carbonyl (C=O) groups is 1. The number of rotatable bonds is 4. The maximum atomic E-state index is 13.5. The molecule has 1 aliphatic rings. The summed E-state index contributed by atoms with van der Waals surface area (Å²) in [7, 11) is 1.80. The van der Waals surface area contributed by atoms with Gasteiger partial charge in [-0.05, 0) is 37.4 Å². The highest BCUT2D eigenvalue weighted by molar-refractivity contribution is 5.78. The van der Waals surface area contributed by atoms with Gasteiger partial charge in [0.05, 0.1) is 5.92 Å². The van der Waals surface area contributed by atoms with Gasteiger partial charge in [0.2, 0.25) is 5.91 Å². The first kappa shape index (κ1) is 14.0. The molecule has 1 aliphatic heterocycles. The number of hydrogen-bond donors (Lipinski definition) is 1. The minimum absolute atomic E-state index is 0.0828. The van der Waals surface area contributed by atoms with Crippen molar-refractivity contribution in [1.29, 1.82) is 0 Å². The van der Waals surface area contributed by atoms with Crippen LogP contribution in [0.2, 0.25) is 0 Å². The molecule has 0 bridgehead atoms. The zero-order valence-corrected chi connectivity index (χ0v) is 11.4.